The Morgan fingerprint density at radius 2 is 1.96 bits per heavy atom. The second-order valence-corrected chi connectivity index (χ2v) is 7.63. The number of thiophene rings is 1. The minimum Gasteiger partial charge on any atom is -0.378 e. The molecule has 0 atom stereocenters. The zero-order valence-corrected chi connectivity index (χ0v) is 15.2. The number of morpholine rings is 1. The lowest BCUT2D eigenvalue weighted by Gasteiger charge is -2.27. The number of rotatable bonds is 2. The first-order valence-electron chi connectivity index (χ1n) is 8.48. The van der Waals surface area contributed by atoms with E-state index in [1.165, 1.54) is 4.88 Å². The summed E-state index contributed by atoms with van der Waals surface area (Å²) in [6, 6.07) is 12.1. The van der Waals surface area contributed by atoms with Crippen molar-refractivity contribution in [1.82, 2.24) is 9.88 Å². The Kier molecular flexibility index (Phi) is 4.27. The van der Waals surface area contributed by atoms with Crippen LogP contribution in [0.2, 0.25) is 0 Å². The quantitative estimate of drug-likeness (QED) is 0.699. The number of aromatic nitrogens is 1. The van der Waals surface area contributed by atoms with Crippen molar-refractivity contribution in [2.24, 2.45) is 0 Å². The summed E-state index contributed by atoms with van der Waals surface area (Å²) in [5, 5.41) is 0.925. The minimum absolute atomic E-state index is 0.0656. The highest BCUT2D eigenvalue weighted by Gasteiger charge is 2.22. The first-order chi connectivity index (χ1) is 12.1. The fourth-order valence-corrected chi connectivity index (χ4v) is 4.03. The van der Waals surface area contributed by atoms with E-state index in [0.717, 1.165) is 32.6 Å². The van der Waals surface area contributed by atoms with Crippen LogP contribution in [0.5, 0.6) is 0 Å². The van der Waals surface area contributed by atoms with Crippen LogP contribution in [-0.2, 0) is 4.74 Å². The maximum Gasteiger partial charge on any atom is 0.254 e. The molecule has 4 nitrogen and oxygen atoms in total. The normalized spacial score (nSPS) is 14.9. The molecule has 5 heteroatoms. The lowest BCUT2D eigenvalue weighted by atomic mass is 10.0. The molecular weight excluding hydrogens is 332 g/mol. The third-order valence-corrected chi connectivity index (χ3v) is 5.59. The Balaban J connectivity index is 1.89. The number of benzene rings is 1. The van der Waals surface area contributed by atoms with Crippen molar-refractivity contribution < 1.29 is 9.53 Å². The fraction of sp³-hybridized carbons (Fsp3) is 0.300. The molecule has 1 aliphatic rings. The molecule has 25 heavy (non-hydrogen) atoms. The molecule has 1 saturated heterocycles. The van der Waals surface area contributed by atoms with Crippen LogP contribution in [0, 0.1) is 13.8 Å². The molecule has 0 radical (unpaired) electrons. The highest BCUT2D eigenvalue weighted by atomic mass is 32.1. The van der Waals surface area contributed by atoms with Crippen molar-refractivity contribution in [3.63, 3.8) is 0 Å². The highest BCUT2D eigenvalue weighted by Crippen LogP contribution is 2.31. The minimum atomic E-state index is 0.0656. The van der Waals surface area contributed by atoms with E-state index >= 15 is 0 Å². The Bertz CT molecular complexity index is 942. The number of amides is 1. The lowest BCUT2D eigenvalue weighted by molar-refractivity contribution is 0.0304. The van der Waals surface area contributed by atoms with Crippen molar-refractivity contribution in [1.29, 1.82) is 0 Å². The molecule has 3 heterocycles. The van der Waals surface area contributed by atoms with Gasteiger partial charge in [-0.2, -0.15) is 0 Å². The summed E-state index contributed by atoms with van der Waals surface area (Å²) in [5.74, 6) is 0.0656. The zero-order chi connectivity index (χ0) is 17.4. The third-order valence-electron chi connectivity index (χ3n) is 4.56. The smallest absolute Gasteiger partial charge is 0.254 e. The summed E-state index contributed by atoms with van der Waals surface area (Å²) >= 11 is 1.70. The van der Waals surface area contributed by atoms with Gasteiger partial charge in [0.05, 0.1) is 34.9 Å². The summed E-state index contributed by atoms with van der Waals surface area (Å²) in [7, 11) is 0. The highest BCUT2D eigenvalue weighted by molar-refractivity contribution is 7.15. The molecular formula is C20H20N2O2S. The van der Waals surface area contributed by atoms with Gasteiger partial charge in [-0.3, -0.25) is 4.79 Å². The van der Waals surface area contributed by atoms with Gasteiger partial charge in [-0.1, -0.05) is 18.2 Å². The van der Waals surface area contributed by atoms with E-state index in [1.807, 2.05) is 36.1 Å². The summed E-state index contributed by atoms with van der Waals surface area (Å²) in [6.45, 7) is 6.61. The first-order valence-corrected chi connectivity index (χ1v) is 9.29. The van der Waals surface area contributed by atoms with Crippen molar-refractivity contribution in [3.8, 4) is 10.6 Å². The largest absolute Gasteiger partial charge is 0.378 e. The summed E-state index contributed by atoms with van der Waals surface area (Å²) in [6.07, 6.45) is 0. The number of hydrogen-bond donors (Lipinski definition) is 0. The summed E-state index contributed by atoms with van der Waals surface area (Å²) in [4.78, 5) is 22.2. The van der Waals surface area contributed by atoms with E-state index in [9.17, 15) is 4.79 Å². The van der Waals surface area contributed by atoms with Crippen molar-refractivity contribution in [3.05, 3.63) is 52.4 Å². The van der Waals surface area contributed by atoms with E-state index in [0.29, 0.717) is 26.3 Å². The van der Waals surface area contributed by atoms with Crippen molar-refractivity contribution in [2.45, 2.75) is 13.8 Å². The van der Waals surface area contributed by atoms with Gasteiger partial charge in [0.25, 0.3) is 5.91 Å². The fourth-order valence-electron chi connectivity index (χ4n) is 3.20. The number of fused-ring (bicyclic) bond motifs is 1. The van der Waals surface area contributed by atoms with Gasteiger partial charge in [0.2, 0.25) is 0 Å². The number of pyridine rings is 1. The van der Waals surface area contributed by atoms with Gasteiger partial charge in [0, 0.05) is 23.4 Å². The molecule has 0 spiro atoms. The predicted octanol–water partition coefficient (Wildman–Crippen LogP) is 4.05. The Labute approximate surface area is 151 Å². The molecule has 1 fully saturated rings. The maximum absolute atomic E-state index is 13.2. The lowest BCUT2D eigenvalue weighted by Crippen LogP contribution is -2.40. The van der Waals surface area contributed by atoms with Gasteiger partial charge in [-0.05, 0) is 37.6 Å². The number of ether oxygens (including phenoxy) is 1. The summed E-state index contributed by atoms with van der Waals surface area (Å²) in [5.41, 5.74) is 3.60. The van der Waals surface area contributed by atoms with E-state index in [1.54, 1.807) is 11.3 Å². The molecule has 0 saturated carbocycles. The van der Waals surface area contributed by atoms with Crippen LogP contribution in [0.3, 0.4) is 0 Å². The van der Waals surface area contributed by atoms with E-state index in [-0.39, 0.29) is 5.91 Å². The van der Waals surface area contributed by atoms with Gasteiger partial charge >= 0.3 is 0 Å². The molecule has 0 aliphatic carbocycles. The second-order valence-electron chi connectivity index (χ2n) is 6.34. The van der Waals surface area contributed by atoms with Crippen LogP contribution in [0.4, 0.5) is 0 Å². The average Bonchev–Trinajstić information content (AvgIpc) is 3.08. The SMILES string of the molecule is Cc1ccc(-c2cc(C(=O)N3CCOCC3)c3cccc(C)c3n2)s1. The van der Waals surface area contributed by atoms with Crippen molar-refractivity contribution >= 4 is 28.1 Å². The van der Waals surface area contributed by atoms with Gasteiger partial charge < -0.3 is 9.64 Å². The van der Waals surface area contributed by atoms with Gasteiger partial charge in [0.15, 0.2) is 0 Å². The Morgan fingerprint density at radius 1 is 1.16 bits per heavy atom. The van der Waals surface area contributed by atoms with Crippen LogP contribution in [0.25, 0.3) is 21.5 Å². The molecule has 1 aliphatic heterocycles. The predicted molar refractivity (Wildman–Crippen MR) is 101 cm³/mol. The molecule has 0 N–H and O–H groups in total. The number of para-hydroxylation sites is 1. The van der Waals surface area contributed by atoms with Crippen LogP contribution in [0.1, 0.15) is 20.8 Å². The molecule has 0 bridgehead atoms. The van der Waals surface area contributed by atoms with Crippen LogP contribution in [0.15, 0.2) is 36.4 Å². The monoisotopic (exact) mass is 352 g/mol. The van der Waals surface area contributed by atoms with E-state index < -0.39 is 0 Å². The molecule has 128 valence electrons. The molecule has 3 aromatic rings. The molecule has 1 amide bonds. The second kappa shape index (κ2) is 6.58. The number of carbonyl (C=O) groups is 1. The topological polar surface area (TPSA) is 42.4 Å². The zero-order valence-electron chi connectivity index (χ0n) is 14.4. The van der Waals surface area contributed by atoms with Gasteiger partial charge in [-0.25, -0.2) is 4.98 Å². The van der Waals surface area contributed by atoms with Gasteiger partial charge in [0.1, 0.15) is 0 Å². The van der Waals surface area contributed by atoms with E-state index in [4.69, 9.17) is 9.72 Å². The number of aryl methyl sites for hydroxylation is 2. The molecule has 0 unspecified atom stereocenters. The average molecular weight is 352 g/mol. The molecule has 2 aromatic heterocycles. The maximum atomic E-state index is 13.2. The number of hydrogen-bond acceptors (Lipinski definition) is 4. The first kappa shape index (κ1) is 16.2. The Hall–Kier alpha value is -2.24. The van der Waals surface area contributed by atoms with E-state index in [2.05, 4.69) is 19.1 Å². The molecule has 4 rings (SSSR count). The third kappa shape index (κ3) is 3.05. The van der Waals surface area contributed by atoms with Gasteiger partial charge in [-0.15, -0.1) is 11.3 Å². The summed E-state index contributed by atoms with van der Waals surface area (Å²) < 4.78 is 5.38. The standard InChI is InChI=1S/C20H20N2O2S/c1-13-4-3-5-15-16(20(23)22-8-10-24-11-9-22)12-17(21-19(13)15)18-7-6-14(2)25-18/h3-7,12H,8-11H2,1-2H3. The number of nitrogens with zero attached hydrogens (tertiary/aromatic N) is 2. The van der Waals surface area contributed by atoms with Crippen LogP contribution < -0.4 is 0 Å². The van der Waals surface area contributed by atoms with Crippen molar-refractivity contribution in [2.75, 3.05) is 26.3 Å². The molecule has 1 aromatic carbocycles. The van der Waals surface area contributed by atoms with Crippen LogP contribution >= 0.6 is 11.3 Å². The van der Waals surface area contributed by atoms with Crippen LogP contribution in [-0.4, -0.2) is 42.1 Å². The Morgan fingerprint density at radius 3 is 2.68 bits per heavy atom. The number of carbonyl (C=O) groups excluding carboxylic acids is 1.